The van der Waals surface area contributed by atoms with E-state index in [2.05, 4.69) is 105 Å². The fraction of sp³-hybridized carbons (Fsp3) is 0.208. The summed E-state index contributed by atoms with van der Waals surface area (Å²) in [5.74, 6) is 0.702. The van der Waals surface area contributed by atoms with Crippen LogP contribution in [0.2, 0.25) is 0 Å². The molecule has 0 aliphatic heterocycles. The summed E-state index contributed by atoms with van der Waals surface area (Å²) in [4.78, 5) is 0. The second kappa shape index (κ2) is 9.91. The van der Waals surface area contributed by atoms with Gasteiger partial charge in [0, 0.05) is 64.7 Å². The zero-order chi connectivity index (χ0) is 20.8. The van der Waals surface area contributed by atoms with Crippen molar-refractivity contribution in [2.24, 2.45) is 0 Å². The van der Waals surface area contributed by atoms with Gasteiger partial charge in [0.15, 0.2) is 12.4 Å². The smallest absolute Gasteiger partial charge is 0.169 e. The monoisotopic (exact) mass is 420 g/mol. The van der Waals surface area contributed by atoms with Crippen molar-refractivity contribution >= 4 is 46.0 Å². The van der Waals surface area contributed by atoms with E-state index in [1.807, 2.05) is 0 Å². The van der Waals surface area contributed by atoms with Crippen LogP contribution in [-0.2, 0) is 22.5 Å². The maximum Gasteiger partial charge on any atom is 0.169 e. The van der Waals surface area contributed by atoms with Crippen molar-refractivity contribution in [2.45, 2.75) is 26.4 Å². The lowest BCUT2D eigenvalue weighted by molar-refractivity contribution is -0.777. The van der Waals surface area contributed by atoms with Crippen LogP contribution >= 0.6 is 12.0 Å². The first-order valence-electron chi connectivity index (χ1n) is 10.1. The SMILES string of the molecule is CCn1c2ccccc2c2cc(/C=C/c3cc[n+](CCCSOO[O-])cc3)ccc21. The standard InChI is InChI=1S/C24H24N2O3S/c1-2-26-23-7-4-3-6-21(23)22-18-20(10-11-24(22)26)9-8-19-12-15-25(16-13-19)14-5-17-30-29-28-27/h3-4,6-13,15-16,18H,2,5,14,17H2,1H3. The maximum atomic E-state index is 9.75. The summed E-state index contributed by atoms with van der Waals surface area (Å²) >= 11 is 1.02. The second-order valence-electron chi connectivity index (χ2n) is 7.05. The number of hydrogen-bond donors (Lipinski definition) is 0. The minimum atomic E-state index is 0.702. The number of pyridine rings is 1. The number of aromatic nitrogens is 2. The molecule has 0 aliphatic carbocycles. The summed E-state index contributed by atoms with van der Waals surface area (Å²) in [6, 6.07) is 19.5. The van der Waals surface area contributed by atoms with Gasteiger partial charge >= 0.3 is 0 Å². The molecular weight excluding hydrogens is 396 g/mol. The molecule has 30 heavy (non-hydrogen) atoms. The first kappa shape index (κ1) is 20.6. The number of fused-ring (bicyclic) bond motifs is 3. The van der Waals surface area contributed by atoms with Crippen LogP contribution in [0.4, 0.5) is 0 Å². The van der Waals surface area contributed by atoms with E-state index in [0.717, 1.165) is 37.1 Å². The normalized spacial score (nSPS) is 11.8. The highest BCUT2D eigenvalue weighted by molar-refractivity contribution is 7.94. The van der Waals surface area contributed by atoms with Gasteiger partial charge in [0.2, 0.25) is 0 Å². The number of aryl methyl sites for hydroxylation is 2. The molecule has 2 aromatic carbocycles. The van der Waals surface area contributed by atoms with Gasteiger partial charge in [0.1, 0.15) is 6.54 Å². The number of para-hydroxylation sites is 1. The van der Waals surface area contributed by atoms with Gasteiger partial charge in [-0.2, -0.15) is 4.33 Å². The van der Waals surface area contributed by atoms with Crippen molar-refractivity contribution in [3.63, 3.8) is 0 Å². The molecule has 0 radical (unpaired) electrons. The minimum absolute atomic E-state index is 0.702. The van der Waals surface area contributed by atoms with E-state index in [1.165, 1.54) is 27.4 Å². The zero-order valence-corrected chi connectivity index (χ0v) is 17.7. The molecule has 5 nitrogen and oxygen atoms in total. The van der Waals surface area contributed by atoms with Crippen LogP contribution in [-0.4, -0.2) is 10.3 Å². The Morgan fingerprint density at radius 2 is 1.73 bits per heavy atom. The highest BCUT2D eigenvalue weighted by Gasteiger charge is 2.09. The highest BCUT2D eigenvalue weighted by Crippen LogP contribution is 2.30. The van der Waals surface area contributed by atoms with Gasteiger partial charge in [0.05, 0.1) is 0 Å². The third-order valence-corrected chi connectivity index (χ3v) is 5.82. The topological polar surface area (TPSA) is 50.3 Å². The molecule has 0 bridgehead atoms. The van der Waals surface area contributed by atoms with Crippen LogP contribution < -0.4 is 9.82 Å². The van der Waals surface area contributed by atoms with E-state index in [0.29, 0.717) is 5.75 Å². The first-order valence-corrected chi connectivity index (χ1v) is 11.0. The fourth-order valence-electron chi connectivity index (χ4n) is 3.80. The van der Waals surface area contributed by atoms with Gasteiger partial charge < -0.3 is 9.82 Å². The molecule has 2 heterocycles. The van der Waals surface area contributed by atoms with E-state index in [4.69, 9.17) is 0 Å². The van der Waals surface area contributed by atoms with Gasteiger partial charge in [-0.15, -0.1) is 0 Å². The summed E-state index contributed by atoms with van der Waals surface area (Å²) in [6.07, 6.45) is 9.31. The molecule has 0 saturated carbocycles. The molecule has 0 amide bonds. The molecule has 154 valence electrons. The summed E-state index contributed by atoms with van der Waals surface area (Å²) in [5.41, 5.74) is 4.91. The molecular formula is C24H24N2O3S. The molecule has 4 rings (SSSR count). The van der Waals surface area contributed by atoms with E-state index < -0.39 is 0 Å². The lowest BCUT2D eigenvalue weighted by atomic mass is 10.1. The van der Waals surface area contributed by atoms with E-state index in [1.54, 1.807) is 0 Å². The van der Waals surface area contributed by atoms with E-state index in [-0.39, 0.29) is 0 Å². The molecule has 0 atom stereocenters. The van der Waals surface area contributed by atoms with E-state index in [9.17, 15) is 5.26 Å². The fourth-order valence-corrected chi connectivity index (χ4v) is 4.15. The zero-order valence-electron chi connectivity index (χ0n) is 16.9. The molecule has 0 spiro atoms. The van der Waals surface area contributed by atoms with Crippen LogP contribution in [0.1, 0.15) is 24.5 Å². The molecule has 0 N–H and O–H groups in total. The molecule has 0 fully saturated rings. The average Bonchev–Trinajstić information content (AvgIpc) is 3.11. The lowest BCUT2D eigenvalue weighted by Gasteiger charge is -2.03. The van der Waals surface area contributed by atoms with Crippen LogP contribution in [0.15, 0.2) is 67.0 Å². The number of benzene rings is 2. The quantitative estimate of drug-likeness (QED) is 0.131. The number of rotatable bonds is 9. The molecule has 0 aliphatic rings. The van der Waals surface area contributed by atoms with Crippen molar-refractivity contribution in [3.8, 4) is 0 Å². The predicted molar refractivity (Wildman–Crippen MR) is 120 cm³/mol. The van der Waals surface area contributed by atoms with Gasteiger partial charge in [-0.3, -0.25) is 5.04 Å². The Balaban J connectivity index is 1.48. The van der Waals surface area contributed by atoms with Gasteiger partial charge in [-0.1, -0.05) is 36.4 Å². The summed E-state index contributed by atoms with van der Waals surface area (Å²) < 4.78 is 8.74. The summed E-state index contributed by atoms with van der Waals surface area (Å²) in [5, 5.41) is 15.7. The summed E-state index contributed by atoms with van der Waals surface area (Å²) in [7, 11) is 0. The molecule has 2 aromatic heterocycles. The van der Waals surface area contributed by atoms with Crippen LogP contribution in [0, 0.1) is 0 Å². The number of nitrogens with zero attached hydrogens (tertiary/aromatic N) is 2. The molecule has 6 heteroatoms. The van der Waals surface area contributed by atoms with Gasteiger partial charge in [-0.25, -0.2) is 4.57 Å². The van der Waals surface area contributed by atoms with Crippen LogP contribution in [0.3, 0.4) is 0 Å². The Morgan fingerprint density at radius 3 is 2.53 bits per heavy atom. The Hall–Kier alpha value is -2.64. The van der Waals surface area contributed by atoms with Crippen molar-refractivity contribution in [1.82, 2.24) is 4.57 Å². The third-order valence-electron chi connectivity index (χ3n) is 5.22. The highest BCUT2D eigenvalue weighted by atomic mass is 32.2. The van der Waals surface area contributed by atoms with Crippen molar-refractivity contribution in [3.05, 3.63) is 78.1 Å². The van der Waals surface area contributed by atoms with Crippen molar-refractivity contribution in [2.75, 3.05) is 5.75 Å². The van der Waals surface area contributed by atoms with Crippen molar-refractivity contribution in [1.29, 1.82) is 0 Å². The number of hydrogen-bond acceptors (Lipinski definition) is 4. The van der Waals surface area contributed by atoms with Crippen molar-refractivity contribution < 1.29 is 19.2 Å². The first-order chi connectivity index (χ1) is 14.8. The van der Waals surface area contributed by atoms with Crippen LogP contribution in [0.5, 0.6) is 0 Å². The average molecular weight is 421 g/mol. The molecule has 4 aromatic rings. The summed E-state index contributed by atoms with van der Waals surface area (Å²) in [6.45, 7) is 4.01. The Kier molecular flexibility index (Phi) is 6.81. The Bertz CT molecular complexity index is 1150. The van der Waals surface area contributed by atoms with Gasteiger partial charge in [0.25, 0.3) is 0 Å². The van der Waals surface area contributed by atoms with Crippen LogP contribution in [0.25, 0.3) is 34.0 Å². The minimum Gasteiger partial charge on any atom is -0.691 e. The van der Waals surface area contributed by atoms with E-state index >= 15 is 0 Å². The third kappa shape index (κ3) is 4.57. The maximum absolute atomic E-state index is 9.75. The molecule has 0 unspecified atom stereocenters. The lowest BCUT2D eigenvalue weighted by Crippen LogP contribution is -2.32. The Morgan fingerprint density at radius 1 is 0.967 bits per heavy atom. The largest absolute Gasteiger partial charge is 0.691 e. The van der Waals surface area contributed by atoms with Gasteiger partial charge in [-0.05, 0) is 36.2 Å². The Labute approximate surface area is 180 Å². The predicted octanol–water partition coefficient (Wildman–Crippen LogP) is 4.53. The second-order valence-corrected chi connectivity index (χ2v) is 7.83. The molecule has 0 saturated heterocycles.